The maximum atomic E-state index is 13.8. The lowest BCUT2D eigenvalue weighted by molar-refractivity contribution is -0.158. The minimum atomic E-state index is -1.06. The highest BCUT2D eigenvalue weighted by Gasteiger charge is 2.32. The molecule has 0 saturated heterocycles. The van der Waals surface area contributed by atoms with Gasteiger partial charge in [0, 0.05) is 29.9 Å². The molecule has 4 aromatic rings. The van der Waals surface area contributed by atoms with Crippen molar-refractivity contribution in [2.75, 3.05) is 0 Å². The molecule has 0 unspecified atom stereocenters. The summed E-state index contributed by atoms with van der Waals surface area (Å²) in [5.74, 6) is -1.75. The van der Waals surface area contributed by atoms with Gasteiger partial charge in [0.2, 0.25) is 11.8 Å². The van der Waals surface area contributed by atoms with Gasteiger partial charge in [0.25, 0.3) is 0 Å². The van der Waals surface area contributed by atoms with Gasteiger partial charge in [0.15, 0.2) is 0 Å². The van der Waals surface area contributed by atoms with E-state index in [0.717, 1.165) is 27.6 Å². The minimum absolute atomic E-state index is 0.0442. The fourth-order valence-electron chi connectivity index (χ4n) is 4.72. The van der Waals surface area contributed by atoms with E-state index in [9.17, 15) is 19.2 Å². The number of amides is 3. The Kier molecular flexibility index (Phi) is 11.0. The highest BCUT2D eigenvalue weighted by Crippen LogP contribution is 2.20. The number of hydrogen-bond acceptors (Lipinski definition) is 6. The van der Waals surface area contributed by atoms with Crippen LogP contribution >= 0.6 is 0 Å². The van der Waals surface area contributed by atoms with Crippen molar-refractivity contribution in [3.8, 4) is 0 Å². The van der Waals surface area contributed by atoms with Crippen LogP contribution in [0, 0.1) is 0 Å². The molecule has 45 heavy (non-hydrogen) atoms. The van der Waals surface area contributed by atoms with Crippen LogP contribution in [-0.2, 0) is 43.3 Å². The number of carbonyl (C=O) groups excluding carboxylic acids is 4. The molecule has 1 aromatic heterocycles. The number of rotatable bonds is 12. The summed E-state index contributed by atoms with van der Waals surface area (Å²) < 4.78 is 10.9. The Morgan fingerprint density at radius 3 is 2.00 bits per heavy atom. The lowest BCUT2D eigenvalue weighted by atomic mass is 10.0. The second-order valence-corrected chi connectivity index (χ2v) is 11.8. The van der Waals surface area contributed by atoms with Gasteiger partial charge in [-0.2, -0.15) is 0 Å². The van der Waals surface area contributed by atoms with Gasteiger partial charge in [-0.15, -0.1) is 0 Å². The van der Waals surface area contributed by atoms with Crippen molar-refractivity contribution in [1.82, 2.24) is 20.9 Å². The zero-order valence-corrected chi connectivity index (χ0v) is 26.0. The molecule has 10 heteroatoms. The third kappa shape index (κ3) is 9.96. The lowest BCUT2D eigenvalue weighted by Crippen LogP contribution is -2.56. The maximum absolute atomic E-state index is 13.8. The lowest BCUT2D eigenvalue weighted by Gasteiger charge is -2.27. The van der Waals surface area contributed by atoms with Crippen LogP contribution in [0.1, 0.15) is 44.4 Å². The van der Waals surface area contributed by atoms with E-state index in [-0.39, 0.29) is 19.4 Å². The van der Waals surface area contributed by atoms with Crippen LogP contribution in [0.3, 0.4) is 0 Å². The summed E-state index contributed by atoms with van der Waals surface area (Å²) in [7, 11) is 0. The number of esters is 1. The molecule has 4 rings (SSSR count). The molecule has 236 valence electrons. The van der Waals surface area contributed by atoms with E-state index >= 15 is 0 Å². The number of ether oxygens (including phenoxy) is 2. The number of nitrogens with one attached hydrogen (secondary N) is 4. The molecule has 0 bridgehead atoms. The van der Waals surface area contributed by atoms with Crippen LogP contribution in [0.4, 0.5) is 4.79 Å². The number of H-pyrrole nitrogens is 1. The largest absolute Gasteiger partial charge is 0.458 e. The van der Waals surface area contributed by atoms with E-state index in [1.165, 1.54) is 6.92 Å². The van der Waals surface area contributed by atoms with Gasteiger partial charge in [0.05, 0.1) is 0 Å². The Morgan fingerprint density at radius 2 is 1.33 bits per heavy atom. The zero-order chi connectivity index (χ0) is 32.4. The topological polar surface area (TPSA) is 139 Å². The highest BCUT2D eigenvalue weighted by atomic mass is 16.6. The summed E-state index contributed by atoms with van der Waals surface area (Å²) in [6.45, 7) is 6.81. The Balaban J connectivity index is 1.48. The molecule has 0 aliphatic heterocycles. The Labute approximate surface area is 262 Å². The molecule has 0 spiro atoms. The predicted octanol–water partition coefficient (Wildman–Crippen LogP) is 4.58. The first-order valence-electron chi connectivity index (χ1n) is 14.9. The monoisotopic (exact) mass is 612 g/mol. The van der Waals surface area contributed by atoms with Crippen molar-refractivity contribution in [2.45, 2.75) is 70.9 Å². The number of aromatic amines is 1. The van der Waals surface area contributed by atoms with Crippen molar-refractivity contribution in [1.29, 1.82) is 0 Å². The predicted molar refractivity (Wildman–Crippen MR) is 171 cm³/mol. The second-order valence-electron chi connectivity index (χ2n) is 11.8. The smallest absolute Gasteiger partial charge is 0.408 e. The molecule has 1 heterocycles. The molecule has 3 amide bonds. The summed E-state index contributed by atoms with van der Waals surface area (Å²) in [5, 5.41) is 9.01. The van der Waals surface area contributed by atoms with Crippen molar-refractivity contribution in [3.63, 3.8) is 0 Å². The first kappa shape index (κ1) is 32.8. The maximum Gasteiger partial charge on any atom is 0.408 e. The van der Waals surface area contributed by atoms with Gasteiger partial charge in [-0.25, -0.2) is 9.59 Å². The molecule has 3 aromatic carbocycles. The number of carbonyl (C=O) groups is 4. The van der Waals surface area contributed by atoms with Crippen LogP contribution < -0.4 is 16.0 Å². The second kappa shape index (κ2) is 15.1. The normalized spacial score (nSPS) is 13.2. The third-order valence-electron chi connectivity index (χ3n) is 6.96. The van der Waals surface area contributed by atoms with Crippen LogP contribution in [0.15, 0.2) is 91.1 Å². The standard InChI is InChI=1S/C35H40N4O6/c1-23(37-34(43)44-22-25-15-9-6-10-16-25)31(40)38-29(19-24-13-7-5-8-14-24)32(41)39-30(33(42)45-35(2,3)4)20-26-21-36-28-18-12-11-17-27(26)28/h5-18,21,23,29-30,36H,19-20,22H2,1-4H3,(H,37,43)(H,38,40)(H,39,41)/t23-,29+,30-/m0/s1. The molecule has 0 aliphatic rings. The Morgan fingerprint density at radius 1 is 0.733 bits per heavy atom. The molecule has 3 atom stereocenters. The fourth-order valence-corrected chi connectivity index (χ4v) is 4.72. The molecular formula is C35H40N4O6. The van der Waals surface area contributed by atoms with Crippen LogP contribution in [0.2, 0.25) is 0 Å². The molecule has 10 nitrogen and oxygen atoms in total. The molecular weight excluding hydrogens is 572 g/mol. The zero-order valence-electron chi connectivity index (χ0n) is 26.0. The number of aromatic nitrogens is 1. The molecule has 0 saturated carbocycles. The van der Waals surface area contributed by atoms with Gasteiger partial charge in [0.1, 0.15) is 30.3 Å². The van der Waals surface area contributed by atoms with Crippen LogP contribution in [-0.4, -0.2) is 52.6 Å². The quantitative estimate of drug-likeness (QED) is 0.173. The number of para-hydroxylation sites is 1. The molecule has 0 fully saturated rings. The van der Waals surface area contributed by atoms with E-state index in [0.29, 0.717) is 0 Å². The van der Waals surface area contributed by atoms with Gasteiger partial charge in [-0.1, -0.05) is 78.9 Å². The van der Waals surface area contributed by atoms with Gasteiger partial charge >= 0.3 is 12.1 Å². The summed E-state index contributed by atoms with van der Waals surface area (Å²) >= 11 is 0. The van der Waals surface area contributed by atoms with Crippen molar-refractivity contribution in [2.24, 2.45) is 0 Å². The van der Waals surface area contributed by atoms with Crippen LogP contribution in [0.5, 0.6) is 0 Å². The number of fused-ring (bicyclic) bond motifs is 1. The SMILES string of the molecule is C[C@H](NC(=O)OCc1ccccc1)C(=O)N[C@H](Cc1ccccc1)C(=O)N[C@@H](Cc1c[nH]c2ccccc12)C(=O)OC(C)(C)C. The number of hydrogen-bond donors (Lipinski definition) is 4. The Hall–Kier alpha value is -5.12. The Bertz CT molecular complexity index is 1600. The number of benzene rings is 3. The molecule has 0 radical (unpaired) electrons. The summed E-state index contributed by atoms with van der Waals surface area (Å²) in [6.07, 6.45) is 1.36. The summed E-state index contributed by atoms with van der Waals surface area (Å²) in [6, 6.07) is 22.9. The van der Waals surface area contributed by atoms with Crippen molar-refractivity contribution < 1.29 is 28.7 Å². The van der Waals surface area contributed by atoms with Gasteiger partial charge in [-0.05, 0) is 50.5 Å². The first-order chi connectivity index (χ1) is 21.5. The first-order valence-corrected chi connectivity index (χ1v) is 14.9. The van der Waals surface area contributed by atoms with E-state index < -0.39 is 47.6 Å². The highest BCUT2D eigenvalue weighted by molar-refractivity contribution is 5.93. The van der Waals surface area contributed by atoms with Crippen LogP contribution in [0.25, 0.3) is 10.9 Å². The average molecular weight is 613 g/mol. The summed E-state index contributed by atoms with van der Waals surface area (Å²) in [4.78, 5) is 55.9. The molecule has 4 N–H and O–H groups in total. The summed E-state index contributed by atoms with van der Waals surface area (Å²) in [5.41, 5.74) is 2.55. The fraction of sp³-hybridized carbons (Fsp3) is 0.314. The van der Waals surface area contributed by atoms with E-state index in [4.69, 9.17) is 9.47 Å². The van der Waals surface area contributed by atoms with E-state index in [1.807, 2.05) is 91.1 Å². The average Bonchev–Trinajstić information content (AvgIpc) is 3.42. The van der Waals surface area contributed by atoms with Gasteiger partial charge < -0.3 is 30.4 Å². The van der Waals surface area contributed by atoms with Crippen molar-refractivity contribution >= 4 is 34.8 Å². The minimum Gasteiger partial charge on any atom is -0.458 e. The van der Waals surface area contributed by atoms with E-state index in [2.05, 4.69) is 20.9 Å². The molecule has 0 aliphatic carbocycles. The number of alkyl carbamates (subject to hydrolysis) is 1. The van der Waals surface area contributed by atoms with Gasteiger partial charge in [-0.3, -0.25) is 9.59 Å². The third-order valence-corrected chi connectivity index (χ3v) is 6.96. The van der Waals surface area contributed by atoms with Crippen molar-refractivity contribution in [3.05, 3.63) is 108 Å². The van der Waals surface area contributed by atoms with E-state index in [1.54, 1.807) is 20.8 Å².